The van der Waals surface area contributed by atoms with Crippen molar-refractivity contribution < 1.29 is 22.4 Å². The highest BCUT2D eigenvalue weighted by molar-refractivity contribution is 6.02. The minimum absolute atomic E-state index is 0.109. The average molecular weight is 348 g/mol. The van der Waals surface area contributed by atoms with Gasteiger partial charge >= 0.3 is 0 Å². The van der Waals surface area contributed by atoms with Gasteiger partial charge < -0.3 is 15.9 Å². The second kappa shape index (κ2) is 5.66. The van der Waals surface area contributed by atoms with Crippen molar-refractivity contribution in [2.24, 2.45) is 0 Å². The molecule has 4 N–H and O–H groups in total. The van der Waals surface area contributed by atoms with E-state index in [4.69, 9.17) is 15.9 Å². The molecule has 0 aliphatic heterocycles. The van der Waals surface area contributed by atoms with Gasteiger partial charge in [-0.15, -0.1) is 0 Å². The third-order valence-electron chi connectivity index (χ3n) is 3.73. The Labute approximate surface area is 138 Å². The number of carbonyl (C=O) groups excluding carboxylic acids is 1. The molecule has 5 nitrogen and oxygen atoms in total. The summed E-state index contributed by atoms with van der Waals surface area (Å²) in [6.45, 7) is 0.948. The molecular weight excluding hydrogens is 337 g/mol. The third-order valence-corrected chi connectivity index (χ3v) is 3.73. The Bertz CT molecular complexity index is 1110. The average Bonchev–Trinajstić information content (AvgIpc) is 2.54. The van der Waals surface area contributed by atoms with Gasteiger partial charge in [0.15, 0.2) is 28.4 Å². The number of Topliss-reactive ketones (excluding diaryl/α,β-unsaturated/α-hetero) is 1. The van der Waals surface area contributed by atoms with Gasteiger partial charge in [0.25, 0.3) is 0 Å². The molecule has 0 saturated heterocycles. The monoisotopic (exact) mass is 348 g/mol. The third kappa shape index (κ3) is 2.51. The summed E-state index contributed by atoms with van der Waals surface area (Å²) in [5.74, 6) is -4.53. The smallest absolute Gasteiger partial charge is 0.195 e. The Balaban J connectivity index is 2.41. The largest absolute Gasteiger partial charge is 0.453 e. The number of anilines is 2. The van der Waals surface area contributed by atoms with Gasteiger partial charge in [0.05, 0.1) is 22.3 Å². The molecule has 0 radical (unpaired) electrons. The fourth-order valence-electron chi connectivity index (χ4n) is 2.49. The van der Waals surface area contributed by atoms with Gasteiger partial charge in [-0.2, -0.15) is 0 Å². The lowest BCUT2D eigenvalue weighted by Gasteiger charge is -2.10. The van der Waals surface area contributed by atoms with Crippen molar-refractivity contribution in [2.45, 2.75) is 6.92 Å². The molecule has 3 aromatic rings. The van der Waals surface area contributed by atoms with E-state index < -0.39 is 50.9 Å². The molecule has 0 amide bonds. The van der Waals surface area contributed by atoms with Crippen LogP contribution in [0.2, 0.25) is 0 Å². The van der Waals surface area contributed by atoms with Crippen molar-refractivity contribution in [3.63, 3.8) is 0 Å². The van der Waals surface area contributed by atoms with Crippen molar-refractivity contribution in [2.75, 3.05) is 11.5 Å². The number of hydrogen-bond donors (Lipinski definition) is 2. The molecule has 0 unspecified atom stereocenters. The van der Waals surface area contributed by atoms with Gasteiger partial charge in [-0.3, -0.25) is 9.59 Å². The Kier molecular flexibility index (Phi) is 3.75. The Morgan fingerprint density at radius 1 is 1.08 bits per heavy atom. The Morgan fingerprint density at radius 2 is 1.76 bits per heavy atom. The molecule has 0 atom stereocenters. The van der Waals surface area contributed by atoms with Gasteiger partial charge in [0.2, 0.25) is 0 Å². The number of rotatable bonds is 2. The Hall–Kier alpha value is -3.29. The highest BCUT2D eigenvalue weighted by atomic mass is 19.1. The van der Waals surface area contributed by atoms with Crippen LogP contribution >= 0.6 is 0 Å². The molecule has 0 bridgehead atoms. The van der Waals surface area contributed by atoms with Crippen molar-refractivity contribution in [1.29, 1.82) is 0 Å². The first-order valence-corrected chi connectivity index (χ1v) is 7.03. The number of nitrogens with two attached hydrogens (primary N) is 2. The number of hydrogen-bond acceptors (Lipinski definition) is 5. The first-order chi connectivity index (χ1) is 11.7. The van der Waals surface area contributed by atoms with Crippen LogP contribution in [0.25, 0.3) is 22.3 Å². The van der Waals surface area contributed by atoms with Crippen LogP contribution in [0.5, 0.6) is 0 Å². The van der Waals surface area contributed by atoms with Crippen LogP contribution in [0.3, 0.4) is 0 Å². The zero-order chi connectivity index (χ0) is 18.5. The minimum atomic E-state index is -1.34. The molecule has 0 aliphatic carbocycles. The summed E-state index contributed by atoms with van der Waals surface area (Å²) >= 11 is 0. The molecule has 25 heavy (non-hydrogen) atoms. The predicted molar refractivity (Wildman–Crippen MR) is 86.6 cm³/mol. The maximum atomic E-state index is 14.5. The zero-order valence-corrected chi connectivity index (χ0v) is 12.8. The van der Waals surface area contributed by atoms with E-state index in [1.807, 2.05) is 0 Å². The highest BCUT2D eigenvalue weighted by Gasteiger charge is 2.25. The highest BCUT2D eigenvalue weighted by Crippen LogP contribution is 2.32. The summed E-state index contributed by atoms with van der Waals surface area (Å²) in [6, 6.07) is 4.52. The van der Waals surface area contributed by atoms with E-state index >= 15 is 0 Å². The summed E-state index contributed by atoms with van der Waals surface area (Å²) in [5, 5.41) is -0.528. The lowest BCUT2D eigenvalue weighted by molar-refractivity contribution is 0.101. The van der Waals surface area contributed by atoms with Gasteiger partial charge in [-0.25, -0.2) is 13.2 Å². The van der Waals surface area contributed by atoms with Crippen LogP contribution in [0.15, 0.2) is 33.5 Å². The molecule has 8 heteroatoms. The van der Waals surface area contributed by atoms with E-state index in [2.05, 4.69) is 0 Å². The number of benzene rings is 2. The van der Waals surface area contributed by atoms with Crippen LogP contribution in [0, 0.1) is 17.5 Å². The molecule has 1 heterocycles. The fourth-order valence-corrected chi connectivity index (χ4v) is 2.49. The number of ketones is 1. The van der Waals surface area contributed by atoms with Gasteiger partial charge in [0.1, 0.15) is 11.6 Å². The van der Waals surface area contributed by atoms with Crippen LogP contribution in [-0.2, 0) is 0 Å². The molecule has 0 fully saturated rings. The second-order valence-electron chi connectivity index (χ2n) is 5.39. The maximum absolute atomic E-state index is 14.5. The summed E-state index contributed by atoms with van der Waals surface area (Å²) in [5.41, 5.74) is 7.78. The minimum Gasteiger partial charge on any atom is -0.453 e. The van der Waals surface area contributed by atoms with E-state index in [-0.39, 0.29) is 17.0 Å². The Morgan fingerprint density at radius 3 is 2.36 bits per heavy atom. The molecule has 3 rings (SSSR count). The van der Waals surface area contributed by atoms with E-state index in [0.717, 1.165) is 19.1 Å². The predicted octanol–water partition coefficient (Wildman–Crippen LogP) is 3.24. The van der Waals surface area contributed by atoms with Crippen molar-refractivity contribution in [3.8, 4) is 11.3 Å². The molecule has 0 aliphatic rings. The quantitative estimate of drug-likeness (QED) is 0.547. The normalized spacial score (nSPS) is 11.0. The summed E-state index contributed by atoms with van der Waals surface area (Å²) in [6.07, 6.45) is 0. The molecule has 1 aromatic heterocycles. The summed E-state index contributed by atoms with van der Waals surface area (Å²) in [7, 11) is 0. The van der Waals surface area contributed by atoms with Crippen LogP contribution in [0.1, 0.15) is 17.3 Å². The van der Waals surface area contributed by atoms with Crippen LogP contribution < -0.4 is 16.9 Å². The number of nitrogen functional groups attached to an aromatic ring is 2. The molecular formula is C17H11F3N2O3. The van der Waals surface area contributed by atoms with E-state index in [1.54, 1.807) is 0 Å². The maximum Gasteiger partial charge on any atom is 0.195 e. The van der Waals surface area contributed by atoms with Gasteiger partial charge in [-0.1, -0.05) is 0 Å². The topological polar surface area (TPSA) is 99.3 Å². The summed E-state index contributed by atoms with van der Waals surface area (Å²) < 4.78 is 47.6. The van der Waals surface area contributed by atoms with Crippen molar-refractivity contribution in [3.05, 3.63) is 57.5 Å². The lowest BCUT2D eigenvalue weighted by Crippen LogP contribution is -2.12. The SMILES string of the molecule is CC(=O)c1c(F)c(N)c2c(=O)cc(-c3ccc(N)c(F)c3)oc2c1F. The molecule has 0 spiro atoms. The molecule has 128 valence electrons. The van der Waals surface area contributed by atoms with Crippen LogP contribution in [0.4, 0.5) is 24.5 Å². The zero-order valence-electron chi connectivity index (χ0n) is 12.8. The lowest BCUT2D eigenvalue weighted by atomic mass is 10.0. The van der Waals surface area contributed by atoms with Crippen molar-refractivity contribution >= 4 is 28.1 Å². The van der Waals surface area contributed by atoms with E-state index in [0.29, 0.717) is 0 Å². The van der Waals surface area contributed by atoms with Gasteiger partial charge in [-0.05, 0) is 25.1 Å². The van der Waals surface area contributed by atoms with E-state index in [9.17, 15) is 22.8 Å². The first-order valence-electron chi connectivity index (χ1n) is 7.03. The number of carbonyl (C=O) groups is 1. The number of fused-ring (bicyclic) bond motifs is 1. The molecule has 2 aromatic carbocycles. The summed E-state index contributed by atoms with van der Waals surface area (Å²) in [4.78, 5) is 23.7. The first kappa shape index (κ1) is 16.6. The van der Waals surface area contributed by atoms with Crippen LogP contribution in [-0.4, -0.2) is 5.78 Å². The van der Waals surface area contributed by atoms with Gasteiger partial charge in [0, 0.05) is 11.6 Å². The standard InChI is InChI=1S/C17H11F3N2O3/c1-6(23)12-14(19)16(22)13-10(24)5-11(25-17(13)15(12)20)7-2-3-9(21)8(18)4-7/h2-5H,21-22H2,1H3. The van der Waals surface area contributed by atoms with E-state index in [1.165, 1.54) is 12.1 Å². The van der Waals surface area contributed by atoms with Crippen molar-refractivity contribution in [1.82, 2.24) is 0 Å². The molecule has 0 saturated carbocycles. The second-order valence-corrected chi connectivity index (χ2v) is 5.39. The fraction of sp³-hybridized carbons (Fsp3) is 0.0588. The number of halogens is 3.